The first-order valence-corrected chi connectivity index (χ1v) is 21.8. The molecule has 4 rings (SSSR count). The van der Waals surface area contributed by atoms with Crippen molar-refractivity contribution < 1.29 is 0 Å². The van der Waals surface area contributed by atoms with Gasteiger partial charge >= 0.3 is 0 Å². The molecule has 1 nitrogen and oxygen atoms in total. The maximum absolute atomic E-state index is 5.34. The van der Waals surface area contributed by atoms with E-state index in [1.807, 2.05) is 11.3 Å². The number of thiazole rings is 1. The Morgan fingerprint density at radius 2 is 0.680 bits per heavy atom. The van der Waals surface area contributed by atoms with Gasteiger partial charge < -0.3 is 0 Å². The summed E-state index contributed by atoms with van der Waals surface area (Å²) in [5.41, 5.74) is 9.23. The molecule has 0 radical (unpaired) electrons. The zero-order valence-electron chi connectivity index (χ0n) is 32.3. The third kappa shape index (κ3) is 14.5. The lowest BCUT2D eigenvalue weighted by atomic mass is 10.00. The van der Waals surface area contributed by atoms with E-state index in [2.05, 4.69) is 93.6 Å². The first-order chi connectivity index (χ1) is 24.7. The fraction of sp³-hybridized carbons (Fsp3) is 0.562. The number of hydrogen-bond donors (Lipinski definition) is 0. The number of benzene rings is 3. The summed E-state index contributed by atoms with van der Waals surface area (Å²) in [6.07, 6.45) is 32.1. The number of hydrogen-bond acceptors (Lipinski definition) is 2. The lowest BCUT2D eigenvalue weighted by Gasteiger charge is -2.07. The molecule has 0 atom stereocenters. The van der Waals surface area contributed by atoms with Gasteiger partial charge in [0.05, 0.1) is 10.6 Å². The third-order valence-electron chi connectivity index (χ3n) is 10.5. The highest BCUT2D eigenvalue weighted by molar-refractivity contribution is 7.19. The SMILES string of the molecule is CCCCCCCCCc1ccc(-c2nc(-c3ccc(CCCCCCCCC)cc3)c(-c3ccc(CCCCCCCCC)cc3)s2)cc1. The molecule has 0 aliphatic rings. The Morgan fingerprint density at radius 1 is 0.360 bits per heavy atom. The second kappa shape index (κ2) is 24.5. The minimum Gasteiger partial charge on any atom is -0.235 e. The maximum atomic E-state index is 5.34. The van der Waals surface area contributed by atoms with Crippen LogP contribution in [-0.4, -0.2) is 4.98 Å². The number of rotatable bonds is 27. The van der Waals surface area contributed by atoms with Crippen molar-refractivity contribution in [3.8, 4) is 32.3 Å². The Balaban J connectivity index is 1.42. The summed E-state index contributed by atoms with van der Waals surface area (Å²) >= 11 is 1.85. The molecule has 0 aliphatic heterocycles. The standard InChI is InChI=1S/C48H69NS/c1-4-7-10-13-16-19-22-25-40-28-34-43(35-29-40)46-47(44-36-30-41(31-37-44)26-23-20-17-14-11-8-5-2)50-48(49-46)45-38-32-42(33-39-45)27-24-21-18-15-12-9-6-3/h28-39H,4-27H2,1-3H3. The third-order valence-corrected chi connectivity index (χ3v) is 11.6. The topological polar surface area (TPSA) is 12.9 Å². The Bertz CT molecular complexity index is 1330. The molecule has 1 heterocycles. The van der Waals surface area contributed by atoms with Crippen molar-refractivity contribution in [1.82, 2.24) is 4.98 Å². The molecule has 0 spiro atoms. The van der Waals surface area contributed by atoms with E-state index in [0.717, 1.165) is 10.7 Å². The highest BCUT2D eigenvalue weighted by Gasteiger charge is 2.17. The predicted molar refractivity (Wildman–Crippen MR) is 224 cm³/mol. The lowest BCUT2D eigenvalue weighted by molar-refractivity contribution is 0.589. The Labute approximate surface area is 311 Å². The van der Waals surface area contributed by atoms with Crippen LogP contribution >= 0.6 is 11.3 Å². The van der Waals surface area contributed by atoms with Crippen molar-refractivity contribution in [1.29, 1.82) is 0 Å². The Hall–Kier alpha value is -2.71. The molecule has 2 heteroatoms. The van der Waals surface area contributed by atoms with E-state index in [-0.39, 0.29) is 0 Å². The Kier molecular flexibility index (Phi) is 19.6. The van der Waals surface area contributed by atoms with Crippen LogP contribution in [0.2, 0.25) is 0 Å². The quantitative estimate of drug-likeness (QED) is 0.0567. The highest BCUT2D eigenvalue weighted by Crippen LogP contribution is 2.41. The van der Waals surface area contributed by atoms with Crippen LogP contribution in [0.15, 0.2) is 72.8 Å². The molecule has 0 saturated carbocycles. The first kappa shape index (κ1) is 40.1. The fourth-order valence-electron chi connectivity index (χ4n) is 7.16. The van der Waals surface area contributed by atoms with E-state index >= 15 is 0 Å². The minimum atomic E-state index is 1.12. The zero-order valence-corrected chi connectivity index (χ0v) is 33.1. The highest BCUT2D eigenvalue weighted by atomic mass is 32.1. The van der Waals surface area contributed by atoms with Crippen molar-refractivity contribution in [2.45, 2.75) is 175 Å². The predicted octanol–water partition coefficient (Wildman–Crippen LogP) is 16.0. The van der Waals surface area contributed by atoms with Gasteiger partial charge in [0.25, 0.3) is 0 Å². The fourth-order valence-corrected chi connectivity index (χ4v) is 8.26. The molecule has 3 aromatic carbocycles. The van der Waals surface area contributed by atoms with Gasteiger partial charge in [-0.2, -0.15) is 0 Å². The van der Waals surface area contributed by atoms with E-state index in [1.165, 1.54) is 192 Å². The monoisotopic (exact) mass is 692 g/mol. The molecule has 272 valence electrons. The molecule has 0 amide bonds. The van der Waals surface area contributed by atoms with Crippen LogP contribution in [-0.2, 0) is 19.3 Å². The largest absolute Gasteiger partial charge is 0.235 e. The van der Waals surface area contributed by atoms with Gasteiger partial charge in [-0.3, -0.25) is 0 Å². The van der Waals surface area contributed by atoms with Crippen LogP contribution in [0.1, 0.15) is 172 Å². The van der Waals surface area contributed by atoms with E-state index in [9.17, 15) is 0 Å². The molecule has 50 heavy (non-hydrogen) atoms. The van der Waals surface area contributed by atoms with Gasteiger partial charge in [0.15, 0.2) is 0 Å². The first-order valence-electron chi connectivity index (χ1n) is 21.0. The maximum Gasteiger partial charge on any atom is 0.124 e. The van der Waals surface area contributed by atoms with Crippen molar-refractivity contribution in [3.63, 3.8) is 0 Å². The van der Waals surface area contributed by atoms with Crippen LogP contribution in [0.3, 0.4) is 0 Å². The van der Waals surface area contributed by atoms with Gasteiger partial charge in [-0.05, 0) is 60.8 Å². The summed E-state index contributed by atoms with van der Waals surface area (Å²) in [4.78, 5) is 6.63. The summed E-state index contributed by atoms with van der Waals surface area (Å²) in [5.74, 6) is 0. The number of aryl methyl sites for hydroxylation is 3. The van der Waals surface area contributed by atoms with Crippen LogP contribution < -0.4 is 0 Å². The molecule has 1 aromatic heterocycles. The second-order valence-corrected chi connectivity index (χ2v) is 15.9. The minimum absolute atomic E-state index is 1.12. The van der Waals surface area contributed by atoms with Gasteiger partial charge in [-0.1, -0.05) is 209 Å². The Morgan fingerprint density at radius 3 is 1.06 bits per heavy atom. The average Bonchev–Trinajstić information content (AvgIpc) is 3.60. The lowest BCUT2D eigenvalue weighted by Crippen LogP contribution is -1.89. The number of aromatic nitrogens is 1. The molecule has 0 bridgehead atoms. The van der Waals surface area contributed by atoms with Gasteiger partial charge in [0.1, 0.15) is 5.01 Å². The molecule has 0 saturated heterocycles. The number of nitrogens with zero attached hydrogens (tertiary/aromatic N) is 1. The van der Waals surface area contributed by atoms with Crippen molar-refractivity contribution in [2.75, 3.05) is 0 Å². The van der Waals surface area contributed by atoms with E-state index in [1.54, 1.807) is 0 Å². The van der Waals surface area contributed by atoms with E-state index < -0.39 is 0 Å². The van der Waals surface area contributed by atoms with Gasteiger partial charge in [0, 0.05) is 11.1 Å². The van der Waals surface area contributed by atoms with E-state index in [0.29, 0.717) is 0 Å². The summed E-state index contributed by atoms with van der Waals surface area (Å²) in [5, 5.41) is 1.12. The number of unbranched alkanes of at least 4 members (excludes halogenated alkanes) is 18. The molecule has 0 aliphatic carbocycles. The molecule has 0 N–H and O–H groups in total. The second-order valence-electron chi connectivity index (χ2n) is 14.9. The summed E-state index contributed by atoms with van der Waals surface area (Å²) in [6.45, 7) is 6.88. The van der Waals surface area contributed by atoms with E-state index in [4.69, 9.17) is 4.98 Å². The van der Waals surface area contributed by atoms with Crippen molar-refractivity contribution >= 4 is 11.3 Å². The van der Waals surface area contributed by atoms with Crippen LogP contribution in [0.5, 0.6) is 0 Å². The van der Waals surface area contributed by atoms with Gasteiger partial charge in [-0.15, -0.1) is 11.3 Å². The smallest absolute Gasteiger partial charge is 0.124 e. The summed E-state index contributed by atoms with van der Waals surface area (Å²) < 4.78 is 0. The van der Waals surface area contributed by atoms with Crippen LogP contribution in [0.4, 0.5) is 0 Å². The molecular weight excluding hydrogens is 623 g/mol. The molecule has 0 unspecified atom stereocenters. The van der Waals surface area contributed by atoms with Crippen molar-refractivity contribution in [3.05, 3.63) is 89.5 Å². The van der Waals surface area contributed by atoms with Crippen LogP contribution in [0.25, 0.3) is 32.3 Å². The van der Waals surface area contributed by atoms with Crippen LogP contribution in [0, 0.1) is 0 Å². The summed E-state index contributed by atoms with van der Waals surface area (Å²) in [7, 11) is 0. The van der Waals surface area contributed by atoms with Gasteiger partial charge in [-0.25, -0.2) is 4.98 Å². The average molecular weight is 692 g/mol. The zero-order chi connectivity index (χ0) is 35.1. The molecular formula is C48H69NS. The van der Waals surface area contributed by atoms with Crippen molar-refractivity contribution in [2.24, 2.45) is 0 Å². The molecule has 4 aromatic rings. The normalized spacial score (nSPS) is 11.4. The summed E-state index contributed by atoms with van der Waals surface area (Å²) in [6, 6.07) is 28.0. The van der Waals surface area contributed by atoms with Gasteiger partial charge in [0.2, 0.25) is 0 Å². The molecule has 0 fully saturated rings.